The molecule has 3 fully saturated rings. The highest BCUT2D eigenvalue weighted by molar-refractivity contribution is 5.35. The average Bonchev–Trinajstić information content (AvgIpc) is 3.17. The summed E-state index contributed by atoms with van der Waals surface area (Å²) in [4.78, 5) is 11.0. The molecule has 6 nitrogen and oxygen atoms in total. The fourth-order valence-corrected chi connectivity index (χ4v) is 3.72. The summed E-state index contributed by atoms with van der Waals surface area (Å²) < 4.78 is 17.4. The normalized spacial score (nSPS) is 32.4. The minimum Gasteiger partial charge on any atom is -0.381 e. The first kappa shape index (κ1) is 14.4. The number of hydrogen-bond donors (Lipinski definition) is 0. The topological polar surface area (TPSA) is 56.7 Å². The van der Waals surface area contributed by atoms with Crippen molar-refractivity contribution < 1.29 is 14.2 Å². The third-order valence-corrected chi connectivity index (χ3v) is 5.04. The fraction of sp³-hybridized carbons (Fsp3) is 0.750. The molecule has 3 atom stereocenters. The first-order chi connectivity index (χ1) is 10.9. The predicted octanol–water partition coefficient (Wildman–Crippen LogP) is 1.12. The molecule has 3 aliphatic rings. The molecule has 0 aromatic carbocycles. The highest BCUT2D eigenvalue weighted by atomic mass is 16.5. The van der Waals surface area contributed by atoms with E-state index in [1.807, 2.05) is 6.07 Å². The van der Waals surface area contributed by atoms with Gasteiger partial charge in [0.05, 0.1) is 32.0 Å². The van der Waals surface area contributed by atoms with E-state index in [1.54, 1.807) is 12.4 Å². The van der Waals surface area contributed by atoms with Crippen molar-refractivity contribution in [1.29, 1.82) is 0 Å². The van der Waals surface area contributed by atoms with Gasteiger partial charge in [0, 0.05) is 38.1 Å². The maximum atomic E-state index is 6.28. The Morgan fingerprint density at radius 1 is 1.14 bits per heavy atom. The van der Waals surface area contributed by atoms with Crippen LogP contribution in [0.1, 0.15) is 12.8 Å². The van der Waals surface area contributed by atoms with Crippen LogP contribution in [0, 0.1) is 11.8 Å². The Kier molecular flexibility index (Phi) is 4.23. The molecule has 0 radical (unpaired) electrons. The van der Waals surface area contributed by atoms with Crippen molar-refractivity contribution in [2.45, 2.75) is 25.0 Å². The van der Waals surface area contributed by atoms with Crippen molar-refractivity contribution >= 4 is 5.95 Å². The standard InChI is InChI=1S/C16H23N3O3/c1-4-17-16(18-5-1)19-8-15(13-10-21-11-14(13)19)22-9-12-2-6-20-7-3-12/h1,4-5,12-15H,2-3,6-11H2/t13-,14+,15-/m1/s1. The van der Waals surface area contributed by atoms with Crippen LogP contribution in [0.5, 0.6) is 0 Å². The lowest BCUT2D eigenvalue weighted by Crippen LogP contribution is -2.33. The van der Waals surface area contributed by atoms with Crippen LogP contribution in [0.15, 0.2) is 18.5 Å². The summed E-state index contributed by atoms with van der Waals surface area (Å²) in [6, 6.07) is 2.20. The number of fused-ring (bicyclic) bond motifs is 1. The molecule has 0 N–H and O–H groups in total. The van der Waals surface area contributed by atoms with Crippen LogP contribution < -0.4 is 4.90 Å². The monoisotopic (exact) mass is 305 g/mol. The van der Waals surface area contributed by atoms with E-state index in [-0.39, 0.29) is 6.10 Å². The molecular weight excluding hydrogens is 282 g/mol. The van der Waals surface area contributed by atoms with Gasteiger partial charge in [-0.1, -0.05) is 0 Å². The van der Waals surface area contributed by atoms with Crippen LogP contribution in [0.4, 0.5) is 5.95 Å². The second-order valence-corrected chi connectivity index (χ2v) is 6.40. The molecule has 22 heavy (non-hydrogen) atoms. The third kappa shape index (κ3) is 2.83. The van der Waals surface area contributed by atoms with Crippen LogP contribution in [-0.4, -0.2) is 61.7 Å². The first-order valence-corrected chi connectivity index (χ1v) is 8.22. The molecule has 4 rings (SSSR count). The summed E-state index contributed by atoms with van der Waals surface area (Å²) in [7, 11) is 0. The minimum absolute atomic E-state index is 0.221. The summed E-state index contributed by atoms with van der Waals surface area (Å²) in [6.07, 6.45) is 6.04. The Balaban J connectivity index is 1.40. The zero-order valence-corrected chi connectivity index (χ0v) is 12.8. The van der Waals surface area contributed by atoms with Gasteiger partial charge >= 0.3 is 0 Å². The van der Waals surface area contributed by atoms with Crippen LogP contribution in [-0.2, 0) is 14.2 Å². The number of nitrogens with zero attached hydrogens (tertiary/aromatic N) is 3. The zero-order chi connectivity index (χ0) is 14.8. The van der Waals surface area contributed by atoms with Gasteiger partial charge in [0.25, 0.3) is 0 Å². The molecule has 4 heterocycles. The Morgan fingerprint density at radius 2 is 1.95 bits per heavy atom. The van der Waals surface area contributed by atoms with Crippen molar-refractivity contribution in [2.75, 3.05) is 44.5 Å². The molecular formula is C16H23N3O3. The summed E-state index contributed by atoms with van der Waals surface area (Å²) in [5.41, 5.74) is 0. The number of hydrogen-bond acceptors (Lipinski definition) is 6. The SMILES string of the molecule is c1cnc(N2C[C@@H](OCC3CCOCC3)[C@@H]3COC[C@@H]32)nc1. The van der Waals surface area contributed by atoms with E-state index in [9.17, 15) is 0 Å². The Hall–Kier alpha value is -1.24. The maximum Gasteiger partial charge on any atom is 0.225 e. The van der Waals surface area contributed by atoms with Gasteiger partial charge in [-0.25, -0.2) is 9.97 Å². The lowest BCUT2D eigenvalue weighted by Gasteiger charge is -2.25. The van der Waals surface area contributed by atoms with Crippen molar-refractivity contribution in [2.24, 2.45) is 11.8 Å². The van der Waals surface area contributed by atoms with Gasteiger partial charge in [-0.3, -0.25) is 0 Å². The number of aromatic nitrogens is 2. The molecule has 0 spiro atoms. The third-order valence-electron chi connectivity index (χ3n) is 5.04. The molecule has 3 aliphatic heterocycles. The quantitative estimate of drug-likeness (QED) is 0.831. The van der Waals surface area contributed by atoms with Crippen molar-refractivity contribution in [3.8, 4) is 0 Å². The largest absolute Gasteiger partial charge is 0.381 e. The lowest BCUT2D eigenvalue weighted by molar-refractivity contribution is -0.0222. The fourth-order valence-electron chi connectivity index (χ4n) is 3.72. The Bertz CT molecular complexity index is 481. The van der Waals surface area contributed by atoms with Crippen LogP contribution >= 0.6 is 0 Å². The van der Waals surface area contributed by atoms with Gasteiger partial charge in [0.15, 0.2) is 0 Å². The van der Waals surface area contributed by atoms with E-state index in [1.165, 1.54) is 0 Å². The molecule has 0 aliphatic carbocycles. The zero-order valence-electron chi connectivity index (χ0n) is 12.8. The van der Waals surface area contributed by atoms with Crippen molar-refractivity contribution in [1.82, 2.24) is 9.97 Å². The van der Waals surface area contributed by atoms with Crippen LogP contribution in [0.3, 0.4) is 0 Å². The molecule has 6 heteroatoms. The van der Waals surface area contributed by atoms with E-state index >= 15 is 0 Å². The van der Waals surface area contributed by atoms with E-state index in [2.05, 4.69) is 14.9 Å². The molecule has 1 aromatic rings. The lowest BCUT2D eigenvalue weighted by atomic mass is 10.00. The summed E-state index contributed by atoms with van der Waals surface area (Å²) >= 11 is 0. The highest BCUT2D eigenvalue weighted by Gasteiger charge is 2.47. The summed E-state index contributed by atoms with van der Waals surface area (Å²) in [5, 5.41) is 0. The van der Waals surface area contributed by atoms with Gasteiger partial charge in [-0.15, -0.1) is 0 Å². The smallest absolute Gasteiger partial charge is 0.225 e. The molecule has 1 aromatic heterocycles. The molecule has 0 amide bonds. The highest BCUT2D eigenvalue weighted by Crippen LogP contribution is 2.34. The second-order valence-electron chi connectivity index (χ2n) is 6.40. The Labute approximate surface area is 130 Å². The minimum atomic E-state index is 0.221. The van der Waals surface area contributed by atoms with E-state index in [0.717, 1.165) is 58.4 Å². The molecule has 0 bridgehead atoms. The van der Waals surface area contributed by atoms with Gasteiger partial charge in [0.1, 0.15) is 0 Å². The summed E-state index contributed by atoms with van der Waals surface area (Å²) in [6.45, 7) is 4.98. The average molecular weight is 305 g/mol. The van der Waals surface area contributed by atoms with Crippen LogP contribution in [0.25, 0.3) is 0 Å². The van der Waals surface area contributed by atoms with Gasteiger partial charge in [0.2, 0.25) is 5.95 Å². The molecule has 120 valence electrons. The van der Waals surface area contributed by atoms with Crippen molar-refractivity contribution in [3.05, 3.63) is 18.5 Å². The van der Waals surface area contributed by atoms with Gasteiger partial charge in [-0.2, -0.15) is 0 Å². The second kappa shape index (κ2) is 6.48. The maximum absolute atomic E-state index is 6.28. The molecule has 3 saturated heterocycles. The van der Waals surface area contributed by atoms with E-state index in [4.69, 9.17) is 14.2 Å². The Morgan fingerprint density at radius 3 is 2.77 bits per heavy atom. The number of rotatable bonds is 4. The number of anilines is 1. The molecule has 0 unspecified atom stereocenters. The number of ether oxygens (including phenoxy) is 3. The molecule has 0 saturated carbocycles. The van der Waals surface area contributed by atoms with Gasteiger partial charge in [-0.05, 0) is 24.8 Å². The van der Waals surface area contributed by atoms with Crippen LogP contribution in [0.2, 0.25) is 0 Å². The summed E-state index contributed by atoms with van der Waals surface area (Å²) in [5.74, 6) is 1.86. The van der Waals surface area contributed by atoms with E-state index < -0.39 is 0 Å². The predicted molar refractivity (Wildman–Crippen MR) is 80.8 cm³/mol. The van der Waals surface area contributed by atoms with Crippen molar-refractivity contribution in [3.63, 3.8) is 0 Å². The van der Waals surface area contributed by atoms with Gasteiger partial charge < -0.3 is 19.1 Å². The van der Waals surface area contributed by atoms with E-state index in [0.29, 0.717) is 17.9 Å². The first-order valence-electron chi connectivity index (χ1n) is 8.22.